The zero-order chi connectivity index (χ0) is 15.6. The van der Waals surface area contributed by atoms with Gasteiger partial charge in [0.1, 0.15) is 11.5 Å². The van der Waals surface area contributed by atoms with Crippen LogP contribution in [-0.2, 0) is 9.84 Å². The van der Waals surface area contributed by atoms with E-state index in [9.17, 15) is 8.42 Å². The van der Waals surface area contributed by atoms with Gasteiger partial charge in [0.05, 0.1) is 15.1 Å². The molecule has 0 aromatic heterocycles. The zero-order valence-electron chi connectivity index (χ0n) is 12.2. The van der Waals surface area contributed by atoms with Crippen molar-refractivity contribution >= 4 is 25.8 Å². The summed E-state index contributed by atoms with van der Waals surface area (Å²) in [5.74, 6) is 1.41. The Hall–Kier alpha value is -1.33. The molecule has 0 aliphatic rings. The fourth-order valence-corrected chi connectivity index (χ4v) is 3.56. The maximum Gasteiger partial charge on any atom is 0.178 e. The molecule has 112 valence electrons. The van der Waals surface area contributed by atoms with Crippen molar-refractivity contribution in [3.8, 4) is 11.5 Å². The fourth-order valence-electron chi connectivity index (χ4n) is 2.04. The molecule has 0 bridgehead atoms. The first-order valence-corrected chi connectivity index (χ1v) is 9.05. The normalized spacial score (nSPS) is 11.4. The average molecular weight is 369 g/mol. The molecule has 21 heavy (non-hydrogen) atoms. The zero-order valence-corrected chi connectivity index (χ0v) is 14.6. The second-order valence-corrected chi connectivity index (χ2v) is 8.05. The number of hydrogen-bond acceptors (Lipinski definition) is 3. The van der Waals surface area contributed by atoms with Crippen LogP contribution in [0, 0.1) is 13.8 Å². The van der Waals surface area contributed by atoms with Crippen LogP contribution in [-0.4, -0.2) is 14.2 Å². The highest BCUT2D eigenvalue weighted by Gasteiger charge is 2.14. The number of ether oxygens (including phenoxy) is 1. The van der Waals surface area contributed by atoms with Crippen molar-refractivity contribution in [3.63, 3.8) is 0 Å². The molecule has 0 saturated heterocycles. The lowest BCUT2D eigenvalue weighted by Crippen LogP contribution is -2.03. The van der Waals surface area contributed by atoms with Gasteiger partial charge in [-0.3, -0.25) is 0 Å². The second-order valence-electron chi connectivity index (χ2n) is 4.92. The van der Waals surface area contributed by atoms with Crippen molar-refractivity contribution in [2.45, 2.75) is 25.7 Å². The minimum absolute atomic E-state index is 0.0801. The summed E-state index contributed by atoms with van der Waals surface area (Å²) in [5, 5.41) is 0. The lowest BCUT2D eigenvalue weighted by Gasteiger charge is -2.11. The smallest absolute Gasteiger partial charge is 0.178 e. The fraction of sp³-hybridized carbons (Fsp3) is 0.250. The predicted molar refractivity (Wildman–Crippen MR) is 87.9 cm³/mol. The SMILES string of the molecule is CCS(=O)(=O)c1ccc(Oc2cc(C)cc(C)c2)c(Br)c1. The molecule has 5 heteroatoms. The van der Waals surface area contributed by atoms with Crippen molar-refractivity contribution in [1.82, 2.24) is 0 Å². The van der Waals surface area contributed by atoms with Crippen molar-refractivity contribution in [1.29, 1.82) is 0 Å². The molecule has 0 fully saturated rings. The van der Waals surface area contributed by atoms with Crippen LogP contribution in [0.5, 0.6) is 11.5 Å². The number of benzene rings is 2. The second kappa shape index (κ2) is 6.20. The molecular weight excluding hydrogens is 352 g/mol. The van der Waals surface area contributed by atoms with E-state index >= 15 is 0 Å². The summed E-state index contributed by atoms with van der Waals surface area (Å²) < 4.78 is 30.2. The Morgan fingerprint density at radius 1 is 1.05 bits per heavy atom. The first-order valence-electron chi connectivity index (χ1n) is 6.60. The Morgan fingerprint density at radius 3 is 2.19 bits per heavy atom. The van der Waals surface area contributed by atoms with E-state index in [0.29, 0.717) is 15.1 Å². The van der Waals surface area contributed by atoms with E-state index in [0.717, 1.165) is 16.9 Å². The van der Waals surface area contributed by atoms with Gasteiger partial charge in [0.2, 0.25) is 0 Å². The highest BCUT2D eigenvalue weighted by molar-refractivity contribution is 9.10. The molecule has 0 aliphatic carbocycles. The summed E-state index contributed by atoms with van der Waals surface area (Å²) in [5.41, 5.74) is 2.23. The van der Waals surface area contributed by atoms with Crippen LogP contribution >= 0.6 is 15.9 Å². The van der Waals surface area contributed by atoms with Gasteiger partial charge in [0.15, 0.2) is 9.84 Å². The molecule has 0 amide bonds. The van der Waals surface area contributed by atoms with E-state index in [2.05, 4.69) is 22.0 Å². The van der Waals surface area contributed by atoms with E-state index in [1.165, 1.54) is 0 Å². The molecule has 2 aromatic rings. The molecule has 0 spiro atoms. The van der Waals surface area contributed by atoms with Crippen LogP contribution in [0.1, 0.15) is 18.1 Å². The molecule has 2 aromatic carbocycles. The summed E-state index contributed by atoms with van der Waals surface area (Å²) in [4.78, 5) is 0.296. The van der Waals surface area contributed by atoms with Gasteiger partial charge >= 0.3 is 0 Å². The minimum atomic E-state index is -3.21. The Morgan fingerprint density at radius 2 is 1.67 bits per heavy atom. The van der Waals surface area contributed by atoms with Crippen molar-refractivity contribution < 1.29 is 13.2 Å². The van der Waals surface area contributed by atoms with Crippen molar-refractivity contribution in [3.05, 3.63) is 52.0 Å². The average Bonchev–Trinajstić information content (AvgIpc) is 2.40. The number of aryl methyl sites for hydroxylation is 2. The lowest BCUT2D eigenvalue weighted by molar-refractivity contribution is 0.478. The van der Waals surface area contributed by atoms with Gasteiger partial charge < -0.3 is 4.74 Å². The van der Waals surface area contributed by atoms with Gasteiger partial charge in [-0.2, -0.15) is 0 Å². The van der Waals surface area contributed by atoms with Crippen molar-refractivity contribution in [2.24, 2.45) is 0 Å². The van der Waals surface area contributed by atoms with Crippen LogP contribution in [0.15, 0.2) is 45.8 Å². The van der Waals surface area contributed by atoms with Gasteiger partial charge in [-0.15, -0.1) is 0 Å². The Kier molecular flexibility index (Phi) is 4.74. The molecule has 3 nitrogen and oxygen atoms in total. The largest absolute Gasteiger partial charge is 0.456 e. The van der Waals surface area contributed by atoms with E-state index < -0.39 is 9.84 Å². The van der Waals surface area contributed by atoms with Gasteiger partial charge in [-0.05, 0) is 71.2 Å². The standard InChI is InChI=1S/C16H17BrO3S/c1-4-21(18,19)14-5-6-16(15(17)10-14)20-13-8-11(2)7-12(3)9-13/h5-10H,4H2,1-3H3. The lowest BCUT2D eigenvalue weighted by atomic mass is 10.1. The van der Waals surface area contributed by atoms with Gasteiger partial charge in [-0.1, -0.05) is 13.0 Å². The minimum Gasteiger partial charge on any atom is -0.456 e. The highest BCUT2D eigenvalue weighted by atomic mass is 79.9. The summed E-state index contributed by atoms with van der Waals surface area (Å²) in [7, 11) is -3.21. The molecule has 2 rings (SSSR count). The molecule has 0 heterocycles. The number of halogens is 1. The molecule has 0 radical (unpaired) electrons. The third-order valence-electron chi connectivity index (χ3n) is 3.07. The summed E-state index contributed by atoms with van der Waals surface area (Å²) >= 11 is 3.37. The van der Waals surface area contributed by atoms with Crippen molar-refractivity contribution in [2.75, 3.05) is 5.75 Å². The van der Waals surface area contributed by atoms with Crippen LogP contribution in [0.25, 0.3) is 0 Å². The quantitative estimate of drug-likeness (QED) is 0.788. The van der Waals surface area contributed by atoms with Crippen LogP contribution in [0.3, 0.4) is 0 Å². The van der Waals surface area contributed by atoms with E-state index in [1.54, 1.807) is 25.1 Å². The van der Waals surface area contributed by atoms with Gasteiger partial charge in [-0.25, -0.2) is 8.42 Å². The number of hydrogen-bond donors (Lipinski definition) is 0. The highest BCUT2D eigenvalue weighted by Crippen LogP contribution is 2.32. The Labute approximate surface area is 134 Å². The third-order valence-corrected chi connectivity index (χ3v) is 5.42. The number of sulfone groups is 1. The third kappa shape index (κ3) is 3.86. The van der Waals surface area contributed by atoms with Crippen LogP contribution in [0.4, 0.5) is 0 Å². The molecule has 0 atom stereocenters. The summed E-state index contributed by atoms with van der Waals surface area (Å²) in [6.07, 6.45) is 0. The monoisotopic (exact) mass is 368 g/mol. The summed E-state index contributed by atoms with van der Waals surface area (Å²) in [6, 6.07) is 10.8. The van der Waals surface area contributed by atoms with Gasteiger partial charge in [0.25, 0.3) is 0 Å². The van der Waals surface area contributed by atoms with E-state index in [4.69, 9.17) is 4.74 Å². The maximum atomic E-state index is 11.9. The summed E-state index contributed by atoms with van der Waals surface area (Å²) in [6.45, 7) is 5.64. The molecule has 0 unspecified atom stereocenters. The topological polar surface area (TPSA) is 43.4 Å². The van der Waals surface area contributed by atoms with Crippen LogP contribution in [0.2, 0.25) is 0 Å². The predicted octanol–water partition coefficient (Wildman–Crippen LogP) is 4.65. The first-order chi connectivity index (χ1) is 9.81. The Balaban J connectivity index is 2.34. The van der Waals surface area contributed by atoms with Gasteiger partial charge in [0, 0.05) is 0 Å². The maximum absolute atomic E-state index is 11.9. The van der Waals surface area contributed by atoms with E-state index in [1.807, 2.05) is 26.0 Å². The first kappa shape index (κ1) is 16.0. The number of rotatable bonds is 4. The van der Waals surface area contributed by atoms with Crippen LogP contribution < -0.4 is 4.74 Å². The molecule has 0 aliphatic heterocycles. The molecule has 0 N–H and O–H groups in total. The molecule has 0 saturated carbocycles. The van der Waals surface area contributed by atoms with E-state index in [-0.39, 0.29) is 5.75 Å². The molecular formula is C16H17BrO3S. The Bertz CT molecular complexity index is 747.